The molecule has 2 atom stereocenters. The molecule has 16 heavy (non-hydrogen) atoms. The molecule has 0 spiro atoms. The fourth-order valence-electron chi connectivity index (χ4n) is 2.27. The van der Waals surface area contributed by atoms with Crippen molar-refractivity contribution < 1.29 is 4.74 Å². The third kappa shape index (κ3) is 2.97. The van der Waals surface area contributed by atoms with Gasteiger partial charge in [0, 0.05) is 24.3 Å². The third-order valence-electron chi connectivity index (χ3n) is 3.24. The summed E-state index contributed by atoms with van der Waals surface area (Å²) in [6.07, 6.45) is 3.31. The number of hydrogen-bond acceptors (Lipinski definition) is 2. The van der Waals surface area contributed by atoms with E-state index in [1.165, 1.54) is 0 Å². The second-order valence-electron chi connectivity index (χ2n) is 4.38. The predicted octanol–water partition coefficient (Wildman–Crippen LogP) is 3.16. The standard InChI is InChI=1S/C13H18ClNO/c14-12-5-1-3-11(9-12)13(15)10-4-2-7-16-8-6-10/h1,3,5,9-10,13H,2,4,6-8,15H2. The average Bonchev–Trinajstić information content (AvgIpc) is 2.56. The first kappa shape index (κ1) is 11.9. The van der Waals surface area contributed by atoms with Crippen LogP contribution in [0, 0.1) is 5.92 Å². The second-order valence-corrected chi connectivity index (χ2v) is 4.82. The molecule has 1 aromatic rings. The van der Waals surface area contributed by atoms with E-state index in [1.54, 1.807) is 0 Å². The van der Waals surface area contributed by atoms with Crippen molar-refractivity contribution in [2.75, 3.05) is 13.2 Å². The van der Waals surface area contributed by atoms with Crippen molar-refractivity contribution in [1.82, 2.24) is 0 Å². The quantitative estimate of drug-likeness (QED) is 0.861. The number of rotatable bonds is 2. The maximum atomic E-state index is 6.29. The van der Waals surface area contributed by atoms with Crippen molar-refractivity contribution in [2.45, 2.75) is 25.3 Å². The van der Waals surface area contributed by atoms with Crippen LogP contribution in [0.25, 0.3) is 0 Å². The molecule has 1 heterocycles. The van der Waals surface area contributed by atoms with Crippen molar-refractivity contribution in [3.05, 3.63) is 34.9 Å². The zero-order chi connectivity index (χ0) is 11.4. The Morgan fingerprint density at radius 3 is 3.00 bits per heavy atom. The zero-order valence-electron chi connectivity index (χ0n) is 9.36. The number of hydrogen-bond donors (Lipinski definition) is 1. The van der Waals surface area contributed by atoms with Crippen molar-refractivity contribution in [1.29, 1.82) is 0 Å². The Morgan fingerprint density at radius 2 is 2.19 bits per heavy atom. The monoisotopic (exact) mass is 239 g/mol. The molecule has 0 saturated carbocycles. The molecule has 0 aliphatic carbocycles. The van der Waals surface area contributed by atoms with E-state index in [0.29, 0.717) is 5.92 Å². The number of ether oxygens (including phenoxy) is 1. The van der Waals surface area contributed by atoms with Gasteiger partial charge in [0.15, 0.2) is 0 Å². The second kappa shape index (κ2) is 5.67. The first-order valence-corrected chi connectivity index (χ1v) is 6.24. The average molecular weight is 240 g/mol. The van der Waals surface area contributed by atoms with Gasteiger partial charge in [-0.1, -0.05) is 23.7 Å². The largest absolute Gasteiger partial charge is 0.381 e. The van der Waals surface area contributed by atoms with Crippen LogP contribution >= 0.6 is 11.6 Å². The van der Waals surface area contributed by atoms with E-state index in [-0.39, 0.29) is 6.04 Å². The molecule has 2 rings (SSSR count). The summed E-state index contributed by atoms with van der Waals surface area (Å²) in [5.74, 6) is 0.515. The first-order valence-electron chi connectivity index (χ1n) is 5.86. The number of halogens is 1. The fraction of sp³-hybridized carbons (Fsp3) is 0.538. The van der Waals surface area contributed by atoms with E-state index >= 15 is 0 Å². The lowest BCUT2D eigenvalue weighted by Gasteiger charge is -2.22. The van der Waals surface area contributed by atoms with E-state index in [1.807, 2.05) is 18.2 Å². The van der Waals surface area contributed by atoms with Gasteiger partial charge in [-0.15, -0.1) is 0 Å². The van der Waals surface area contributed by atoms with Crippen LogP contribution in [0.15, 0.2) is 24.3 Å². The summed E-state index contributed by atoms with van der Waals surface area (Å²) in [5, 5.41) is 0.762. The lowest BCUT2D eigenvalue weighted by Crippen LogP contribution is -2.21. The van der Waals surface area contributed by atoms with Crippen LogP contribution in [0.2, 0.25) is 5.02 Å². The Bertz CT molecular complexity index is 334. The van der Waals surface area contributed by atoms with E-state index in [4.69, 9.17) is 22.1 Å². The molecular weight excluding hydrogens is 222 g/mol. The van der Waals surface area contributed by atoms with Gasteiger partial charge in [-0.05, 0) is 42.9 Å². The lowest BCUT2D eigenvalue weighted by molar-refractivity contribution is 0.140. The van der Waals surface area contributed by atoms with Crippen LogP contribution < -0.4 is 5.73 Å². The molecule has 1 aliphatic rings. The highest BCUT2D eigenvalue weighted by atomic mass is 35.5. The highest BCUT2D eigenvalue weighted by molar-refractivity contribution is 6.30. The summed E-state index contributed by atoms with van der Waals surface area (Å²) in [7, 11) is 0. The van der Waals surface area contributed by atoms with Gasteiger partial charge in [0.25, 0.3) is 0 Å². The molecule has 3 heteroatoms. The van der Waals surface area contributed by atoms with Crippen LogP contribution in [0.3, 0.4) is 0 Å². The van der Waals surface area contributed by atoms with Gasteiger partial charge in [-0.3, -0.25) is 0 Å². The Hall–Kier alpha value is -0.570. The SMILES string of the molecule is NC(c1cccc(Cl)c1)C1CCCOCC1. The van der Waals surface area contributed by atoms with Crippen molar-refractivity contribution in [3.63, 3.8) is 0 Å². The molecule has 1 fully saturated rings. The minimum atomic E-state index is 0.0837. The Kier molecular flexibility index (Phi) is 4.22. The molecule has 1 saturated heterocycles. The van der Waals surface area contributed by atoms with Gasteiger partial charge in [-0.25, -0.2) is 0 Å². The van der Waals surface area contributed by atoms with Crippen LogP contribution in [-0.4, -0.2) is 13.2 Å². The van der Waals surface area contributed by atoms with Crippen LogP contribution in [0.5, 0.6) is 0 Å². The molecule has 1 aromatic carbocycles. The van der Waals surface area contributed by atoms with E-state index in [2.05, 4.69) is 6.07 Å². The first-order chi connectivity index (χ1) is 7.77. The zero-order valence-corrected chi connectivity index (χ0v) is 10.1. The summed E-state index contributed by atoms with van der Waals surface area (Å²) >= 11 is 5.98. The van der Waals surface area contributed by atoms with Gasteiger partial charge >= 0.3 is 0 Å². The minimum absolute atomic E-state index is 0.0837. The molecule has 1 aliphatic heterocycles. The van der Waals surface area contributed by atoms with Crippen LogP contribution in [-0.2, 0) is 4.74 Å². The van der Waals surface area contributed by atoms with E-state index in [9.17, 15) is 0 Å². The summed E-state index contributed by atoms with van der Waals surface area (Å²) < 4.78 is 5.45. The normalized spacial score (nSPS) is 23.8. The summed E-state index contributed by atoms with van der Waals surface area (Å²) in [4.78, 5) is 0. The molecule has 2 unspecified atom stereocenters. The van der Waals surface area contributed by atoms with Gasteiger partial charge < -0.3 is 10.5 Å². The predicted molar refractivity (Wildman–Crippen MR) is 66.5 cm³/mol. The van der Waals surface area contributed by atoms with Crippen molar-refractivity contribution in [2.24, 2.45) is 11.7 Å². The molecule has 2 N–H and O–H groups in total. The number of nitrogens with two attached hydrogens (primary N) is 1. The van der Waals surface area contributed by atoms with Crippen molar-refractivity contribution in [3.8, 4) is 0 Å². The van der Waals surface area contributed by atoms with Gasteiger partial charge in [0.1, 0.15) is 0 Å². The molecule has 0 aromatic heterocycles. The van der Waals surface area contributed by atoms with Crippen molar-refractivity contribution >= 4 is 11.6 Å². The molecular formula is C13H18ClNO. The van der Waals surface area contributed by atoms with Gasteiger partial charge in [0.2, 0.25) is 0 Å². The number of benzene rings is 1. The van der Waals surface area contributed by atoms with E-state index in [0.717, 1.165) is 43.1 Å². The minimum Gasteiger partial charge on any atom is -0.381 e. The third-order valence-corrected chi connectivity index (χ3v) is 3.47. The Morgan fingerprint density at radius 1 is 1.31 bits per heavy atom. The maximum Gasteiger partial charge on any atom is 0.0469 e. The smallest absolute Gasteiger partial charge is 0.0469 e. The highest BCUT2D eigenvalue weighted by Crippen LogP contribution is 2.29. The summed E-state index contributed by atoms with van der Waals surface area (Å²) in [6, 6.07) is 7.96. The highest BCUT2D eigenvalue weighted by Gasteiger charge is 2.21. The van der Waals surface area contributed by atoms with E-state index < -0.39 is 0 Å². The topological polar surface area (TPSA) is 35.2 Å². The molecule has 0 radical (unpaired) electrons. The molecule has 0 amide bonds. The van der Waals surface area contributed by atoms with Gasteiger partial charge in [-0.2, -0.15) is 0 Å². The summed E-state index contributed by atoms with van der Waals surface area (Å²) in [5.41, 5.74) is 7.43. The fourth-order valence-corrected chi connectivity index (χ4v) is 2.47. The summed E-state index contributed by atoms with van der Waals surface area (Å²) in [6.45, 7) is 1.71. The van der Waals surface area contributed by atoms with Crippen LogP contribution in [0.1, 0.15) is 30.9 Å². The molecule has 88 valence electrons. The maximum absolute atomic E-state index is 6.29. The Balaban J connectivity index is 2.07. The lowest BCUT2D eigenvalue weighted by atomic mass is 9.88. The Labute approximate surface area is 102 Å². The van der Waals surface area contributed by atoms with Crippen LogP contribution in [0.4, 0.5) is 0 Å². The molecule has 0 bridgehead atoms. The molecule has 2 nitrogen and oxygen atoms in total. The van der Waals surface area contributed by atoms with Gasteiger partial charge in [0.05, 0.1) is 0 Å².